The average Bonchev–Trinajstić information content (AvgIpc) is 1.90. The summed E-state index contributed by atoms with van der Waals surface area (Å²) in [6.07, 6.45) is 5.10. The predicted molar refractivity (Wildman–Crippen MR) is 28.0 cm³/mol. The van der Waals surface area contributed by atoms with Crippen LogP contribution in [0.1, 0.15) is 0 Å². The summed E-state index contributed by atoms with van der Waals surface area (Å²) in [6.45, 7) is 0. The summed E-state index contributed by atoms with van der Waals surface area (Å²) in [7, 11) is 0. The van der Waals surface area contributed by atoms with Gasteiger partial charge >= 0.3 is 62.8 Å². The molecule has 0 fully saturated rings. The second-order valence-corrected chi connectivity index (χ2v) is 3.71. The van der Waals surface area contributed by atoms with E-state index in [0.717, 1.165) is 0 Å². The number of hydrogen-bond donors (Lipinski definition) is 2. The van der Waals surface area contributed by atoms with Crippen LogP contribution in [0.4, 0.5) is 0 Å². The number of allylic oxidation sites excluding steroid dienone is 2. The van der Waals surface area contributed by atoms with Gasteiger partial charge < -0.3 is 0 Å². The minimum atomic E-state index is -0.806. The molecule has 0 unspecified atom stereocenters. The Balaban J connectivity index is 2.68. The number of carbonyl (C=O) groups is 1. The summed E-state index contributed by atoms with van der Waals surface area (Å²) in [4.78, 5) is 10.2. The van der Waals surface area contributed by atoms with E-state index in [2.05, 4.69) is 3.53 Å². The van der Waals surface area contributed by atoms with E-state index in [1.54, 1.807) is 18.4 Å². The monoisotopic (exact) mass is 238 g/mol. The van der Waals surface area contributed by atoms with Crippen LogP contribution in [0.25, 0.3) is 0 Å². The Morgan fingerprint density at radius 3 is 2.89 bits per heavy atom. The van der Waals surface area contributed by atoms with Gasteiger partial charge in [0.25, 0.3) is 0 Å². The van der Waals surface area contributed by atoms with Crippen LogP contribution in [-0.4, -0.2) is 11.1 Å². The van der Waals surface area contributed by atoms with Crippen molar-refractivity contribution in [2.45, 2.75) is 0 Å². The molecule has 0 aromatic carbocycles. The normalized spacial score (nSPS) is 17.1. The van der Waals surface area contributed by atoms with Crippen molar-refractivity contribution in [3.05, 3.63) is 21.9 Å². The van der Waals surface area contributed by atoms with E-state index in [4.69, 9.17) is 5.11 Å². The van der Waals surface area contributed by atoms with Crippen LogP contribution in [0.3, 0.4) is 0 Å². The van der Waals surface area contributed by atoms with E-state index in [-0.39, 0.29) is 0 Å². The SMILES string of the molecule is O=C(O)C1=CC=CN[I-]1. The molecule has 0 saturated heterocycles. The zero-order chi connectivity index (χ0) is 6.69. The molecular weight excluding hydrogens is 233 g/mol. The molecule has 50 valence electrons. The van der Waals surface area contributed by atoms with Crippen LogP contribution >= 0.6 is 0 Å². The van der Waals surface area contributed by atoms with E-state index in [1.165, 1.54) is 0 Å². The van der Waals surface area contributed by atoms with Crippen molar-refractivity contribution in [1.82, 2.24) is 3.53 Å². The molecule has 0 spiro atoms. The van der Waals surface area contributed by atoms with Crippen LogP contribution < -0.4 is 25.0 Å². The summed E-state index contributed by atoms with van der Waals surface area (Å²) < 4.78 is 3.41. The molecule has 0 saturated carbocycles. The molecule has 0 radical (unpaired) electrons. The fraction of sp³-hybridized carbons (Fsp3) is 0. The maximum absolute atomic E-state index is 10.2. The molecule has 0 aromatic rings. The van der Waals surface area contributed by atoms with Gasteiger partial charge in [0.1, 0.15) is 0 Å². The standard InChI is InChI=1S/C5H5INO2/c8-5(9)4-2-1-3-7-6-4/h1-3,7H,(H,8,9)/q-1. The number of carboxylic acid groups (broad SMARTS) is 1. The van der Waals surface area contributed by atoms with Crippen molar-refractivity contribution in [2.24, 2.45) is 0 Å². The number of rotatable bonds is 1. The molecule has 3 nitrogen and oxygen atoms in total. The van der Waals surface area contributed by atoms with Gasteiger partial charge in [0.2, 0.25) is 0 Å². The first-order valence-electron chi connectivity index (χ1n) is 2.30. The van der Waals surface area contributed by atoms with Crippen molar-refractivity contribution >= 4 is 5.97 Å². The zero-order valence-corrected chi connectivity index (χ0v) is 6.62. The fourth-order valence-corrected chi connectivity index (χ4v) is 1.74. The molecule has 0 bridgehead atoms. The summed E-state index contributed by atoms with van der Waals surface area (Å²) in [5, 5.41) is 8.42. The van der Waals surface area contributed by atoms with E-state index >= 15 is 0 Å². The van der Waals surface area contributed by atoms with Crippen LogP contribution in [0.2, 0.25) is 0 Å². The zero-order valence-electron chi connectivity index (χ0n) is 4.47. The Hall–Kier alpha value is -0.520. The Morgan fingerprint density at radius 2 is 2.56 bits per heavy atom. The van der Waals surface area contributed by atoms with Crippen LogP contribution in [-0.2, 0) is 4.79 Å². The molecule has 4 heteroatoms. The van der Waals surface area contributed by atoms with Crippen LogP contribution in [0.15, 0.2) is 21.9 Å². The van der Waals surface area contributed by atoms with Crippen molar-refractivity contribution in [3.8, 4) is 0 Å². The fourth-order valence-electron chi connectivity index (χ4n) is 0.402. The molecule has 0 aromatic heterocycles. The van der Waals surface area contributed by atoms with Crippen molar-refractivity contribution in [2.75, 3.05) is 0 Å². The molecule has 1 aliphatic heterocycles. The van der Waals surface area contributed by atoms with Gasteiger partial charge in [-0.05, 0) is 0 Å². The first-order chi connectivity index (χ1) is 4.30. The van der Waals surface area contributed by atoms with E-state index in [1.807, 2.05) is 0 Å². The van der Waals surface area contributed by atoms with Crippen molar-refractivity contribution in [3.63, 3.8) is 0 Å². The summed E-state index contributed by atoms with van der Waals surface area (Å²) in [5.41, 5.74) is 0. The van der Waals surface area contributed by atoms with Crippen molar-refractivity contribution in [1.29, 1.82) is 0 Å². The molecule has 0 amide bonds. The molecule has 0 atom stereocenters. The Morgan fingerprint density at radius 1 is 1.78 bits per heavy atom. The summed E-state index contributed by atoms with van der Waals surface area (Å²) >= 11 is -0.467. The van der Waals surface area contributed by atoms with Gasteiger partial charge in [0.15, 0.2) is 0 Å². The molecule has 0 aliphatic carbocycles. The number of carboxylic acids is 1. The summed E-state index contributed by atoms with van der Waals surface area (Å²) in [5.74, 6) is -0.806. The molecule has 9 heavy (non-hydrogen) atoms. The maximum atomic E-state index is 10.2. The Kier molecular flexibility index (Phi) is 2.10. The van der Waals surface area contributed by atoms with Gasteiger partial charge in [-0.3, -0.25) is 0 Å². The predicted octanol–water partition coefficient (Wildman–Crippen LogP) is -2.92. The average molecular weight is 238 g/mol. The van der Waals surface area contributed by atoms with Gasteiger partial charge in [0.05, 0.1) is 0 Å². The second kappa shape index (κ2) is 2.86. The molecule has 1 aliphatic rings. The quantitative estimate of drug-likeness (QED) is 0.380. The topological polar surface area (TPSA) is 49.3 Å². The number of nitrogens with one attached hydrogen (secondary N) is 1. The van der Waals surface area contributed by atoms with Crippen LogP contribution in [0, 0.1) is 0 Å². The third kappa shape index (κ3) is 1.70. The van der Waals surface area contributed by atoms with E-state index in [0.29, 0.717) is 3.58 Å². The van der Waals surface area contributed by atoms with E-state index in [9.17, 15) is 4.79 Å². The summed E-state index contributed by atoms with van der Waals surface area (Å²) in [6, 6.07) is 0. The third-order valence-electron chi connectivity index (χ3n) is 0.762. The van der Waals surface area contributed by atoms with Gasteiger partial charge in [-0.25, -0.2) is 0 Å². The van der Waals surface area contributed by atoms with Gasteiger partial charge in [-0.1, -0.05) is 0 Å². The number of halogens is 1. The first-order valence-corrected chi connectivity index (χ1v) is 4.46. The number of aliphatic carboxylic acids is 1. The minimum absolute atomic E-state index is 0.467. The molecule has 2 N–H and O–H groups in total. The second-order valence-electron chi connectivity index (χ2n) is 1.38. The molecular formula is C5H5INO2-. The van der Waals surface area contributed by atoms with Crippen LogP contribution in [0.5, 0.6) is 0 Å². The Labute approximate surface area is 63.1 Å². The molecule has 1 rings (SSSR count). The Bertz CT molecular complexity index is 185. The van der Waals surface area contributed by atoms with E-state index < -0.39 is 27.4 Å². The third-order valence-corrected chi connectivity index (χ3v) is 2.84. The number of hydrogen-bond acceptors (Lipinski definition) is 2. The first kappa shape index (κ1) is 6.60. The van der Waals surface area contributed by atoms with Crippen molar-refractivity contribution < 1.29 is 31.4 Å². The van der Waals surface area contributed by atoms with Gasteiger partial charge in [-0.2, -0.15) is 0 Å². The molecule has 1 heterocycles. The van der Waals surface area contributed by atoms with Gasteiger partial charge in [-0.15, -0.1) is 0 Å². The van der Waals surface area contributed by atoms with Gasteiger partial charge in [0, 0.05) is 0 Å².